The summed E-state index contributed by atoms with van der Waals surface area (Å²) < 4.78 is 20.7. The predicted octanol–water partition coefficient (Wildman–Crippen LogP) is 3.92. The number of aromatic nitrogens is 2. The van der Waals surface area contributed by atoms with Crippen LogP contribution in [0.5, 0.6) is 5.75 Å². The molecule has 2 heterocycles. The van der Waals surface area contributed by atoms with Gasteiger partial charge in [-0.25, -0.2) is 4.39 Å². The molecule has 1 fully saturated rings. The lowest BCUT2D eigenvalue weighted by Gasteiger charge is -2.36. The fourth-order valence-corrected chi connectivity index (χ4v) is 4.07. The average Bonchev–Trinajstić information content (AvgIpc) is 3.23. The number of amides is 1. The van der Waals surface area contributed by atoms with E-state index in [1.807, 2.05) is 36.1 Å². The van der Waals surface area contributed by atoms with Crippen molar-refractivity contribution in [3.63, 3.8) is 0 Å². The van der Waals surface area contributed by atoms with Crippen LogP contribution in [-0.4, -0.2) is 53.9 Å². The highest BCUT2D eigenvalue weighted by Gasteiger charge is 2.23. The van der Waals surface area contributed by atoms with Gasteiger partial charge >= 0.3 is 0 Å². The molecule has 1 saturated heterocycles. The van der Waals surface area contributed by atoms with Gasteiger partial charge in [-0.15, -0.1) is 0 Å². The molecule has 0 N–H and O–H groups in total. The Morgan fingerprint density at radius 3 is 2.56 bits per heavy atom. The van der Waals surface area contributed by atoms with Gasteiger partial charge in [0.15, 0.2) is 0 Å². The molecule has 4 rings (SSSR count). The summed E-state index contributed by atoms with van der Waals surface area (Å²) in [5, 5.41) is 4.66. The van der Waals surface area contributed by atoms with Crippen molar-refractivity contribution in [3.8, 4) is 17.0 Å². The molecule has 0 spiro atoms. The minimum absolute atomic E-state index is 0.0647. The fourth-order valence-electron chi connectivity index (χ4n) is 4.07. The van der Waals surface area contributed by atoms with Gasteiger partial charge in [0.2, 0.25) is 5.91 Å². The molecule has 1 aliphatic rings. The van der Waals surface area contributed by atoms with E-state index in [0.717, 1.165) is 47.9 Å². The smallest absolute Gasteiger partial charge is 0.244 e. The van der Waals surface area contributed by atoms with Gasteiger partial charge < -0.3 is 14.5 Å². The summed E-state index contributed by atoms with van der Waals surface area (Å²) in [6, 6.07) is 15.0. The van der Waals surface area contributed by atoms with Gasteiger partial charge in [0.05, 0.1) is 12.8 Å². The number of carbonyl (C=O) groups excluding carboxylic acids is 1. The average molecular weight is 437 g/mol. The molecule has 0 unspecified atom stereocenters. The van der Waals surface area contributed by atoms with Gasteiger partial charge in [-0.1, -0.05) is 13.0 Å². The van der Waals surface area contributed by atoms with E-state index in [4.69, 9.17) is 4.74 Å². The molecule has 168 valence electrons. The number of halogens is 1. The summed E-state index contributed by atoms with van der Waals surface area (Å²) in [4.78, 5) is 17.2. The normalized spacial score (nSPS) is 14.0. The van der Waals surface area contributed by atoms with Gasteiger partial charge in [-0.3, -0.25) is 9.48 Å². The minimum Gasteiger partial charge on any atom is -0.497 e. The number of ether oxygens (including phenoxy) is 1. The van der Waals surface area contributed by atoms with Crippen molar-refractivity contribution in [3.05, 3.63) is 65.6 Å². The first-order valence-electron chi connectivity index (χ1n) is 11.0. The molecule has 0 radical (unpaired) electrons. The summed E-state index contributed by atoms with van der Waals surface area (Å²) >= 11 is 0. The summed E-state index contributed by atoms with van der Waals surface area (Å²) in [5.74, 6) is 0.668. The van der Waals surface area contributed by atoms with Crippen molar-refractivity contribution in [1.82, 2.24) is 14.7 Å². The number of hydrogen-bond donors (Lipinski definition) is 0. The van der Waals surface area contributed by atoms with Gasteiger partial charge in [-0.2, -0.15) is 5.10 Å². The van der Waals surface area contributed by atoms with E-state index in [9.17, 15) is 9.18 Å². The zero-order chi connectivity index (χ0) is 22.7. The van der Waals surface area contributed by atoms with Crippen LogP contribution in [0.4, 0.5) is 10.1 Å². The van der Waals surface area contributed by atoms with Crippen LogP contribution in [0.1, 0.15) is 18.2 Å². The van der Waals surface area contributed by atoms with Crippen LogP contribution in [0.2, 0.25) is 0 Å². The highest BCUT2D eigenvalue weighted by Crippen LogP contribution is 2.24. The van der Waals surface area contributed by atoms with Crippen molar-refractivity contribution in [2.45, 2.75) is 26.8 Å². The Morgan fingerprint density at radius 2 is 1.88 bits per heavy atom. The summed E-state index contributed by atoms with van der Waals surface area (Å²) in [6.07, 6.45) is 0.768. The molecule has 0 saturated carbocycles. The van der Waals surface area contributed by atoms with Crippen molar-refractivity contribution < 1.29 is 13.9 Å². The van der Waals surface area contributed by atoms with Gasteiger partial charge in [0.25, 0.3) is 0 Å². The molecule has 3 aromatic rings. The van der Waals surface area contributed by atoms with Crippen molar-refractivity contribution >= 4 is 11.6 Å². The molecule has 32 heavy (non-hydrogen) atoms. The second kappa shape index (κ2) is 9.42. The number of methoxy groups -OCH3 is 1. The standard InChI is InChI=1S/C25H29FN4O2/c1-4-20-16-24(19-8-9-23(26)18(2)14-19)27-30(20)17-25(31)29-12-10-28(11-13-29)21-6-5-7-22(15-21)32-3/h5-9,14-16H,4,10-13,17H2,1-3H3. The van der Waals surface area contributed by atoms with E-state index < -0.39 is 0 Å². The van der Waals surface area contributed by atoms with Crippen LogP contribution in [0.15, 0.2) is 48.5 Å². The first-order chi connectivity index (χ1) is 15.5. The third kappa shape index (κ3) is 4.61. The van der Waals surface area contributed by atoms with Crippen molar-refractivity contribution in [1.29, 1.82) is 0 Å². The molecule has 0 atom stereocenters. The number of aryl methyl sites for hydroxylation is 2. The lowest BCUT2D eigenvalue weighted by Crippen LogP contribution is -2.49. The second-order valence-electron chi connectivity index (χ2n) is 8.07. The molecule has 2 aromatic carbocycles. The Balaban J connectivity index is 1.42. The highest BCUT2D eigenvalue weighted by molar-refractivity contribution is 5.76. The molecular formula is C25H29FN4O2. The maximum absolute atomic E-state index is 13.6. The molecule has 1 amide bonds. The largest absolute Gasteiger partial charge is 0.497 e. The van der Waals surface area contributed by atoms with E-state index in [2.05, 4.69) is 16.1 Å². The summed E-state index contributed by atoms with van der Waals surface area (Å²) in [7, 11) is 1.66. The van der Waals surface area contributed by atoms with Crippen LogP contribution in [0.25, 0.3) is 11.3 Å². The predicted molar refractivity (Wildman–Crippen MR) is 124 cm³/mol. The van der Waals surface area contributed by atoms with E-state index >= 15 is 0 Å². The topological polar surface area (TPSA) is 50.6 Å². The van der Waals surface area contributed by atoms with Crippen molar-refractivity contribution in [2.75, 3.05) is 38.2 Å². The van der Waals surface area contributed by atoms with Crippen molar-refractivity contribution in [2.24, 2.45) is 0 Å². The number of piperazine rings is 1. The Labute approximate surface area is 188 Å². The SMILES string of the molecule is CCc1cc(-c2ccc(F)c(C)c2)nn1CC(=O)N1CCN(c2cccc(OC)c2)CC1. The van der Waals surface area contributed by atoms with Crippen LogP contribution in [0.3, 0.4) is 0 Å². The Bertz CT molecular complexity index is 1100. The third-order valence-electron chi connectivity index (χ3n) is 6.02. The van der Waals surface area contributed by atoms with Crippen LogP contribution >= 0.6 is 0 Å². The number of carbonyl (C=O) groups is 1. The Hall–Kier alpha value is -3.35. The number of nitrogens with zero attached hydrogens (tertiary/aromatic N) is 4. The Kier molecular flexibility index (Phi) is 6.44. The zero-order valence-electron chi connectivity index (χ0n) is 18.8. The van der Waals surface area contributed by atoms with E-state index in [1.165, 1.54) is 6.07 Å². The molecular weight excluding hydrogens is 407 g/mol. The van der Waals surface area contributed by atoms with Crippen LogP contribution in [-0.2, 0) is 17.8 Å². The number of anilines is 1. The lowest BCUT2D eigenvalue weighted by molar-refractivity contribution is -0.132. The molecule has 1 aromatic heterocycles. The van der Waals surface area contributed by atoms with Gasteiger partial charge in [0.1, 0.15) is 18.1 Å². The first kappa shape index (κ1) is 21.9. The van der Waals surface area contributed by atoms with E-state index in [-0.39, 0.29) is 18.3 Å². The maximum Gasteiger partial charge on any atom is 0.244 e. The van der Waals surface area contributed by atoms with Gasteiger partial charge in [0, 0.05) is 49.2 Å². The first-order valence-corrected chi connectivity index (χ1v) is 11.0. The van der Waals surface area contributed by atoms with Crippen LogP contribution < -0.4 is 9.64 Å². The number of benzene rings is 2. The quantitative estimate of drug-likeness (QED) is 0.588. The maximum atomic E-state index is 13.6. The highest BCUT2D eigenvalue weighted by atomic mass is 19.1. The second-order valence-corrected chi connectivity index (χ2v) is 8.07. The summed E-state index contributed by atoms with van der Waals surface area (Å²) in [5.41, 5.74) is 4.30. The Morgan fingerprint density at radius 1 is 1.09 bits per heavy atom. The summed E-state index contributed by atoms with van der Waals surface area (Å²) in [6.45, 7) is 6.89. The van der Waals surface area contributed by atoms with Gasteiger partial charge in [-0.05, 0) is 55.3 Å². The minimum atomic E-state index is -0.229. The third-order valence-corrected chi connectivity index (χ3v) is 6.02. The monoisotopic (exact) mass is 436 g/mol. The number of hydrogen-bond acceptors (Lipinski definition) is 4. The number of rotatable bonds is 6. The fraction of sp³-hybridized carbons (Fsp3) is 0.360. The molecule has 0 bridgehead atoms. The zero-order valence-corrected chi connectivity index (χ0v) is 18.8. The molecule has 7 heteroatoms. The molecule has 0 aliphatic carbocycles. The lowest BCUT2D eigenvalue weighted by atomic mass is 10.1. The molecule has 6 nitrogen and oxygen atoms in total. The van der Waals surface area contributed by atoms with Crippen LogP contribution in [0, 0.1) is 12.7 Å². The van der Waals surface area contributed by atoms with E-state index in [0.29, 0.717) is 18.7 Å². The van der Waals surface area contributed by atoms with E-state index in [1.54, 1.807) is 30.8 Å². The molecule has 1 aliphatic heterocycles.